The first-order valence-corrected chi connectivity index (χ1v) is 6.57. The van der Waals surface area contributed by atoms with Gasteiger partial charge in [-0.1, -0.05) is 13.3 Å². The maximum Gasteiger partial charge on any atom is 0.247 e. The van der Waals surface area contributed by atoms with Crippen molar-refractivity contribution in [2.24, 2.45) is 0 Å². The Bertz CT molecular complexity index is 473. The van der Waals surface area contributed by atoms with Gasteiger partial charge in [-0.2, -0.15) is 0 Å². The van der Waals surface area contributed by atoms with Crippen LogP contribution in [0.4, 0.5) is 0 Å². The zero-order chi connectivity index (χ0) is 12.2. The molecule has 0 bridgehead atoms. The van der Waals surface area contributed by atoms with Crippen LogP contribution in [0.1, 0.15) is 19.8 Å². The summed E-state index contributed by atoms with van der Waals surface area (Å²) in [6, 6.07) is 2.52. The molecule has 0 radical (unpaired) electrons. The summed E-state index contributed by atoms with van der Waals surface area (Å²) in [4.78, 5) is 13.3. The van der Waals surface area contributed by atoms with E-state index in [2.05, 4.69) is 4.98 Å². The highest BCUT2D eigenvalue weighted by atomic mass is 32.2. The molecule has 5 nitrogen and oxygen atoms in total. The maximum atomic E-state index is 12.0. The quantitative estimate of drug-likeness (QED) is 0.832. The molecule has 0 fully saturated rings. The second-order valence-corrected chi connectivity index (χ2v) is 5.61. The van der Waals surface area contributed by atoms with Crippen LogP contribution in [0.25, 0.3) is 0 Å². The van der Waals surface area contributed by atoms with E-state index < -0.39 is 10.0 Å². The summed E-state index contributed by atoms with van der Waals surface area (Å²) in [6.07, 6.45) is 2.98. The third-order valence-electron chi connectivity index (χ3n) is 2.29. The topological polar surface area (TPSA) is 70.2 Å². The maximum absolute atomic E-state index is 12.0. The number of aromatic amines is 1. The van der Waals surface area contributed by atoms with E-state index in [1.807, 2.05) is 6.92 Å². The highest BCUT2D eigenvalue weighted by molar-refractivity contribution is 7.89. The van der Waals surface area contributed by atoms with Crippen molar-refractivity contribution in [3.05, 3.63) is 28.7 Å². The predicted molar refractivity (Wildman–Crippen MR) is 61.8 cm³/mol. The highest BCUT2D eigenvalue weighted by Crippen LogP contribution is 2.11. The number of H-pyrrole nitrogens is 1. The lowest BCUT2D eigenvalue weighted by molar-refractivity contribution is 0.459. The molecule has 0 unspecified atom stereocenters. The standard InChI is InChI=1S/C10H16N2O3S/c1-3-4-7-12(2)16(14,15)9-5-6-10(13)11-8-9/h5-6,8H,3-4,7H2,1-2H3,(H,11,13). The van der Waals surface area contributed by atoms with Crippen LogP contribution in [-0.4, -0.2) is 31.3 Å². The third-order valence-corrected chi connectivity index (χ3v) is 4.14. The number of hydrogen-bond acceptors (Lipinski definition) is 3. The van der Waals surface area contributed by atoms with E-state index in [0.29, 0.717) is 6.54 Å². The van der Waals surface area contributed by atoms with Crippen LogP contribution in [0.2, 0.25) is 0 Å². The average molecular weight is 244 g/mol. The van der Waals surface area contributed by atoms with E-state index in [0.717, 1.165) is 12.8 Å². The first-order valence-electron chi connectivity index (χ1n) is 5.13. The molecule has 0 amide bonds. The Balaban J connectivity index is 2.93. The Morgan fingerprint density at radius 1 is 1.38 bits per heavy atom. The number of aromatic nitrogens is 1. The molecule has 1 aromatic heterocycles. The molecular weight excluding hydrogens is 228 g/mol. The number of unbranched alkanes of at least 4 members (excludes halogenated alkanes) is 1. The number of sulfonamides is 1. The summed E-state index contributed by atoms with van der Waals surface area (Å²) in [5, 5.41) is 0. The molecule has 16 heavy (non-hydrogen) atoms. The van der Waals surface area contributed by atoms with Gasteiger partial charge in [0, 0.05) is 25.9 Å². The number of hydrogen-bond donors (Lipinski definition) is 1. The zero-order valence-electron chi connectivity index (χ0n) is 9.43. The molecule has 0 aliphatic rings. The molecule has 0 aromatic carbocycles. The van der Waals surface area contributed by atoms with Crippen molar-refractivity contribution in [3.63, 3.8) is 0 Å². The monoisotopic (exact) mass is 244 g/mol. The molecule has 6 heteroatoms. The molecule has 1 rings (SSSR count). The Labute approximate surface area is 95.2 Å². The van der Waals surface area contributed by atoms with E-state index in [4.69, 9.17) is 0 Å². The minimum atomic E-state index is -3.46. The van der Waals surface area contributed by atoms with Gasteiger partial charge in [0.2, 0.25) is 15.6 Å². The van der Waals surface area contributed by atoms with E-state index in [1.165, 1.54) is 29.7 Å². The van der Waals surface area contributed by atoms with Crippen LogP contribution in [0.15, 0.2) is 28.0 Å². The third kappa shape index (κ3) is 2.93. The van der Waals surface area contributed by atoms with Crippen molar-refractivity contribution in [2.75, 3.05) is 13.6 Å². The Kier molecular flexibility index (Phi) is 4.26. The Morgan fingerprint density at radius 3 is 2.56 bits per heavy atom. The molecule has 0 aliphatic carbocycles. The van der Waals surface area contributed by atoms with Gasteiger partial charge >= 0.3 is 0 Å². The summed E-state index contributed by atoms with van der Waals surface area (Å²) in [5.74, 6) is 0. The second-order valence-electron chi connectivity index (χ2n) is 3.57. The van der Waals surface area contributed by atoms with Gasteiger partial charge in [-0.15, -0.1) is 0 Å². The van der Waals surface area contributed by atoms with E-state index in [-0.39, 0.29) is 10.5 Å². The van der Waals surface area contributed by atoms with Crippen molar-refractivity contribution in [3.8, 4) is 0 Å². The van der Waals surface area contributed by atoms with Gasteiger partial charge in [-0.25, -0.2) is 12.7 Å². The molecule has 0 atom stereocenters. The van der Waals surface area contributed by atoms with Gasteiger partial charge in [-0.05, 0) is 12.5 Å². The minimum Gasteiger partial charge on any atom is -0.328 e. The molecule has 1 aromatic rings. The average Bonchev–Trinajstić information content (AvgIpc) is 2.26. The first-order chi connectivity index (χ1) is 7.48. The van der Waals surface area contributed by atoms with Crippen LogP contribution in [0.3, 0.4) is 0 Å². The van der Waals surface area contributed by atoms with Gasteiger partial charge in [0.1, 0.15) is 0 Å². The van der Waals surface area contributed by atoms with Gasteiger partial charge in [-0.3, -0.25) is 4.79 Å². The van der Waals surface area contributed by atoms with Crippen molar-refractivity contribution in [1.29, 1.82) is 0 Å². The first kappa shape index (κ1) is 12.9. The predicted octanol–water partition coefficient (Wildman–Crippen LogP) is 0.795. The molecule has 1 heterocycles. The van der Waals surface area contributed by atoms with Gasteiger partial charge in [0.25, 0.3) is 0 Å². The van der Waals surface area contributed by atoms with Crippen LogP contribution < -0.4 is 5.56 Å². The summed E-state index contributed by atoms with van der Waals surface area (Å²) in [6.45, 7) is 2.48. The van der Waals surface area contributed by atoms with Gasteiger partial charge in [0.05, 0.1) is 4.90 Å². The fourth-order valence-electron chi connectivity index (χ4n) is 1.24. The van der Waals surface area contributed by atoms with Crippen LogP contribution in [0, 0.1) is 0 Å². The largest absolute Gasteiger partial charge is 0.328 e. The molecular formula is C10H16N2O3S. The lowest BCUT2D eigenvalue weighted by atomic mass is 10.3. The van der Waals surface area contributed by atoms with Crippen LogP contribution in [0.5, 0.6) is 0 Å². The van der Waals surface area contributed by atoms with Crippen molar-refractivity contribution >= 4 is 10.0 Å². The molecule has 1 N–H and O–H groups in total. The summed E-state index contributed by atoms with van der Waals surface area (Å²) in [5.41, 5.74) is -0.310. The summed E-state index contributed by atoms with van der Waals surface area (Å²) >= 11 is 0. The van der Waals surface area contributed by atoms with E-state index >= 15 is 0 Å². The SMILES string of the molecule is CCCCN(C)S(=O)(=O)c1ccc(=O)[nH]c1. The van der Waals surface area contributed by atoms with Crippen molar-refractivity contribution in [2.45, 2.75) is 24.7 Å². The van der Waals surface area contributed by atoms with Gasteiger partial charge in [0.15, 0.2) is 0 Å². The molecule has 0 aliphatic heterocycles. The number of nitrogens with zero attached hydrogens (tertiary/aromatic N) is 1. The fraction of sp³-hybridized carbons (Fsp3) is 0.500. The second kappa shape index (κ2) is 5.27. The van der Waals surface area contributed by atoms with Crippen LogP contribution in [-0.2, 0) is 10.0 Å². The lowest BCUT2D eigenvalue weighted by Gasteiger charge is -2.16. The van der Waals surface area contributed by atoms with Crippen molar-refractivity contribution in [1.82, 2.24) is 9.29 Å². The number of rotatable bonds is 5. The Hall–Kier alpha value is -1.14. The van der Waals surface area contributed by atoms with E-state index in [9.17, 15) is 13.2 Å². The van der Waals surface area contributed by atoms with Crippen molar-refractivity contribution < 1.29 is 8.42 Å². The van der Waals surface area contributed by atoms with Crippen LogP contribution >= 0.6 is 0 Å². The van der Waals surface area contributed by atoms with Gasteiger partial charge < -0.3 is 4.98 Å². The van der Waals surface area contributed by atoms with E-state index in [1.54, 1.807) is 0 Å². The normalized spacial score (nSPS) is 11.9. The summed E-state index contributed by atoms with van der Waals surface area (Å²) in [7, 11) is -1.93. The smallest absolute Gasteiger partial charge is 0.247 e. The number of nitrogens with one attached hydrogen (secondary N) is 1. The zero-order valence-corrected chi connectivity index (χ0v) is 10.3. The number of pyridine rings is 1. The minimum absolute atomic E-state index is 0.116. The fourth-order valence-corrected chi connectivity index (χ4v) is 2.41. The summed E-state index contributed by atoms with van der Waals surface area (Å²) < 4.78 is 25.2. The molecule has 0 spiro atoms. The molecule has 0 saturated carbocycles. The molecule has 0 saturated heterocycles. The lowest BCUT2D eigenvalue weighted by Crippen LogP contribution is -2.28. The Morgan fingerprint density at radius 2 is 2.06 bits per heavy atom. The molecule has 90 valence electrons. The highest BCUT2D eigenvalue weighted by Gasteiger charge is 2.19.